The molecule has 1 N–H and O–H groups in total. The van der Waals surface area contributed by atoms with E-state index < -0.39 is 28.6 Å². The lowest BCUT2D eigenvalue weighted by molar-refractivity contribution is -0.137. The van der Waals surface area contributed by atoms with E-state index in [-0.39, 0.29) is 5.69 Å². The van der Waals surface area contributed by atoms with Crippen molar-refractivity contribution in [3.05, 3.63) is 58.6 Å². The van der Waals surface area contributed by atoms with Crippen LogP contribution in [0.2, 0.25) is 5.02 Å². The summed E-state index contributed by atoms with van der Waals surface area (Å²) in [5, 5.41) is 1.72. The zero-order chi connectivity index (χ0) is 18.2. The minimum absolute atomic E-state index is 0.150. The summed E-state index contributed by atoms with van der Waals surface area (Å²) in [5.41, 5.74) is 0.345. The SMILES string of the molecule is O=C(Nc1ccc(Cl)c(C(F)(F)F)c1)C(=O)N1CCc2ccccc21. The van der Waals surface area contributed by atoms with Crippen LogP contribution in [0.1, 0.15) is 11.1 Å². The van der Waals surface area contributed by atoms with Crippen LogP contribution >= 0.6 is 11.6 Å². The molecule has 0 bridgehead atoms. The third kappa shape index (κ3) is 3.46. The molecule has 0 unspecified atom stereocenters. The molecule has 1 aliphatic heterocycles. The second-order valence-electron chi connectivity index (χ2n) is 5.48. The Bertz CT molecular complexity index is 852. The maximum absolute atomic E-state index is 12.9. The summed E-state index contributed by atoms with van der Waals surface area (Å²) in [5.74, 6) is -1.83. The minimum atomic E-state index is -4.66. The highest BCUT2D eigenvalue weighted by Crippen LogP contribution is 2.36. The zero-order valence-electron chi connectivity index (χ0n) is 12.7. The van der Waals surface area contributed by atoms with Crippen molar-refractivity contribution >= 4 is 34.8 Å². The fourth-order valence-electron chi connectivity index (χ4n) is 2.68. The maximum Gasteiger partial charge on any atom is 0.417 e. The van der Waals surface area contributed by atoms with Crippen molar-refractivity contribution in [1.29, 1.82) is 0 Å². The van der Waals surface area contributed by atoms with E-state index in [1.54, 1.807) is 12.1 Å². The molecule has 0 spiro atoms. The number of para-hydroxylation sites is 1. The molecule has 2 aromatic carbocycles. The Kier molecular flexibility index (Phi) is 4.43. The number of amides is 2. The molecule has 4 nitrogen and oxygen atoms in total. The summed E-state index contributed by atoms with van der Waals surface area (Å²) < 4.78 is 38.6. The molecule has 0 fully saturated rings. The summed E-state index contributed by atoms with van der Waals surface area (Å²) in [6, 6.07) is 10.1. The van der Waals surface area contributed by atoms with E-state index >= 15 is 0 Å². The van der Waals surface area contributed by atoms with Gasteiger partial charge in [0.1, 0.15) is 0 Å². The summed E-state index contributed by atoms with van der Waals surface area (Å²) in [6.45, 7) is 0.347. The lowest BCUT2D eigenvalue weighted by Gasteiger charge is -2.17. The summed E-state index contributed by atoms with van der Waals surface area (Å²) >= 11 is 5.53. The van der Waals surface area contributed by atoms with Crippen LogP contribution in [0, 0.1) is 0 Å². The highest BCUT2D eigenvalue weighted by atomic mass is 35.5. The average molecular weight is 369 g/mol. The minimum Gasteiger partial charge on any atom is -0.318 e. The van der Waals surface area contributed by atoms with Crippen molar-refractivity contribution in [2.75, 3.05) is 16.8 Å². The number of fused-ring (bicyclic) bond motifs is 1. The molecule has 8 heteroatoms. The summed E-state index contributed by atoms with van der Waals surface area (Å²) in [7, 11) is 0. The van der Waals surface area contributed by atoms with Gasteiger partial charge in [0.15, 0.2) is 0 Å². The van der Waals surface area contributed by atoms with Gasteiger partial charge in [-0.1, -0.05) is 29.8 Å². The Labute approximate surface area is 146 Å². The maximum atomic E-state index is 12.9. The van der Waals surface area contributed by atoms with Gasteiger partial charge in [0, 0.05) is 17.9 Å². The first-order chi connectivity index (χ1) is 11.8. The quantitative estimate of drug-likeness (QED) is 0.776. The van der Waals surface area contributed by atoms with E-state index in [2.05, 4.69) is 5.32 Å². The molecule has 0 aliphatic carbocycles. The molecular formula is C17H12ClF3N2O2. The highest BCUT2D eigenvalue weighted by molar-refractivity contribution is 6.44. The van der Waals surface area contributed by atoms with Gasteiger partial charge in [0.2, 0.25) is 0 Å². The first kappa shape index (κ1) is 17.3. The van der Waals surface area contributed by atoms with Gasteiger partial charge >= 0.3 is 18.0 Å². The van der Waals surface area contributed by atoms with Crippen molar-refractivity contribution in [1.82, 2.24) is 0 Å². The highest BCUT2D eigenvalue weighted by Gasteiger charge is 2.34. The monoisotopic (exact) mass is 368 g/mol. The number of hydrogen-bond acceptors (Lipinski definition) is 2. The first-order valence-electron chi connectivity index (χ1n) is 7.35. The van der Waals surface area contributed by atoms with Gasteiger partial charge in [-0.25, -0.2) is 0 Å². The molecule has 0 saturated heterocycles. The molecule has 0 radical (unpaired) electrons. The largest absolute Gasteiger partial charge is 0.417 e. The number of carbonyl (C=O) groups excluding carboxylic acids is 2. The molecular weight excluding hydrogens is 357 g/mol. The fraction of sp³-hybridized carbons (Fsp3) is 0.176. The van der Waals surface area contributed by atoms with Gasteiger partial charge in [-0.05, 0) is 36.2 Å². The number of nitrogens with one attached hydrogen (secondary N) is 1. The number of rotatable bonds is 1. The molecule has 2 amide bonds. The molecule has 1 heterocycles. The Balaban J connectivity index is 1.78. The average Bonchev–Trinajstić information content (AvgIpc) is 2.99. The van der Waals surface area contributed by atoms with Crippen molar-refractivity contribution in [3.8, 4) is 0 Å². The predicted molar refractivity (Wildman–Crippen MR) is 87.6 cm³/mol. The molecule has 130 valence electrons. The zero-order valence-corrected chi connectivity index (χ0v) is 13.5. The van der Waals surface area contributed by atoms with Crippen LogP contribution in [0.5, 0.6) is 0 Å². The summed E-state index contributed by atoms with van der Waals surface area (Å²) in [4.78, 5) is 25.8. The third-order valence-corrected chi connectivity index (χ3v) is 4.19. The molecule has 1 aliphatic rings. The van der Waals surface area contributed by atoms with Gasteiger partial charge in [0.05, 0.1) is 10.6 Å². The molecule has 0 aromatic heterocycles. The fourth-order valence-corrected chi connectivity index (χ4v) is 2.90. The second kappa shape index (κ2) is 6.40. The van der Waals surface area contributed by atoms with Gasteiger partial charge in [-0.3, -0.25) is 9.59 Å². The predicted octanol–water partition coefficient (Wildman–Crippen LogP) is 3.89. The Hall–Kier alpha value is -2.54. The van der Waals surface area contributed by atoms with Gasteiger partial charge in [-0.2, -0.15) is 13.2 Å². The van der Waals surface area contributed by atoms with Crippen LogP contribution in [-0.2, 0) is 22.2 Å². The number of hydrogen-bond donors (Lipinski definition) is 1. The number of halogens is 4. The van der Waals surface area contributed by atoms with Crippen LogP contribution in [-0.4, -0.2) is 18.4 Å². The van der Waals surface area contributed by atoms with Crippen molar-refractivity contribution in [3.63, 3.8) is 0 Å². The van der Waals surface area contributed by atoms with Gasteiger partial charge in [0.25, 0.3) is 0 Å². The van der Waals surface area contributed by atoms with Crippen LogP contribution < -0.4 is 10.2 Å². The van der Waals surface area contributed by atoms with Crippen molar-refractivity contribution in [2.24, 2.45) is 0 Å². The van der Waals surface area contributed by atoms with Gasteiger partial charge < -0.3 is 10.2 Å². The molecule has 3 rings (SSSR count). The normalized spacial score (nSPS) is 13.5. The number of alkyl halides is 3. The second-order valence-corrected chi connectivity index (χ2v) is 5.89. The molecule has 2 aromatic rings. The number of anilines is 2. The first-order valence-corrected chi connectivity index (χ1v) is 7.72. The van der Waals surface area contributed by atoms with Crippen molar-refractivity contribution in [2.45, 2.75) is 12.6 Å². The van der Waals surface area contributed by atoms with E-state index in [0.717, 1.165) is 11.6 Å². The van der Waals surface area contributed by atoms with E-state index in [9.17, 15) is 22.8 Å². The lowest BCUT2D eigenvalue weighted by atomic mass is 10.2. The van der Waals surface area contributed by atoms with Crippen molar-refractivity contribution < 1.29 is 22.8 Å². The Morgan fingerprint density at radius 1 is 1.12 bits per heavy atom. The van der Waals surface area contributed by atoms with Crippen LogP contribution in [0.3, 0.4) is 0 Å². The molecule has 0 saturated carbocycles. The molecule has 25 heavy (non-hydrogen) atoms. The van der Waals surface area contributed by atoms with E-state index in [1.165, 1.54) is 11.0 Å². The standard InChI is InChI=1S/C17H12ClF3N2O2/c18-13-6-5-11(9-12(13)17(19,20)21)22-15(24)16(25)23-8-7-10-3-1-2-4-14(10)23/h1-6,9H,7-8H2,(H,22,24). The van der Waals surface area contributed by atoms with E-state index in [1.807, 2.05) is 12.1 Å². The van der Waals surface area contributed by atoms with Crippen LogP contribution in [0.15, 0.2) is 42.5 Å². The lowest BCUT2D eigenvalue weighted by Crippen LogP contribution is -2.38. The summed E-state index contributed by atoms with van der Waals surface area (Å²) in [6.07, 6.45) is -4.04. The van der Waals surface area contributed by atoms with E-state index in [0.29, 0.717) is 24.7 Å². The van der Waals surface area contributed by atoms with Crippen LogP contribution in [0.25, 0.3) is 0 Å². The van der Waals surface area contributed by atoms with E-state index in [4.69, 9.17) is 11.6 Å². The molecule has 0 atom stereocenters. The smallest absolute Gasteiger partial charge is 0.318 e. The number of nitrogens with zero attached hydrogens (tertiary/aromatic N) is 1. The third-order valence-electron chi connectivity index (χ3n) is 3.86. The number of benzene rings is 2. The topological polar surface area (TPSA) is 49.4 Å². The Morgan fingerprint density at radius 2 is 1.84 bits per heavy atom. The van der Waals surface area contributed by atoms with Gasteiger partial charge in [-0.15, -0.1) is 0 Å². The Morgan fingerprint density at radius 3 is 2.56 bits per heavy atom. The number of carbonyl (C=O) groups is 2. The van der Waals surface area contributed by atoms with Crippen LogP contribution in [0.4, 0.5) is 24.5 Å².